The van der Waals surface area contributed by atoms with Gasteiger partial charge in [-0.2, -0.15) is 5.10 Å². The number of carbonyl (C=O) groups excluding carboxylic acids is 1. The van der Waals surface area contributed by atoms with E-state index in [9.17, 15) is 9.18 Å². The Hall–Kier alpha value is -2.17. The van der Waals surface area contributed by atoms with Gasteiger partial charge in [0.2, 0.25) is 5.78 Å². The van der Waals surface area contributed by atoms with Crippen molar-refractivity contribution < 1.29 is 13.9 Å². The molecule has 0 unspecified atom stereocenters. The summed E-state index contributed by atoms with van der Waals surface area (Å²) in [6, 6.07) is 5.80. The Kier molecular flexibility index (Phi) is 3.94. The molecule has 1 heterocycles. The molecule has 0 N–H and O–H groups in total. The first-order valence-electron chi connectivity index (χ1n) is 6.07. The molecule has 5 heteroatoms. The fourth-order valence-corrected chi connectivity index (χ4v) is 1.86. The third-order valence-corrected chi connectivity index (χ3v) is 2.81. The van der Waals surface area contributed by atoms with Crippen LogP contribution in [-0.2, 0) is 6.54 Å². The molecule has 0 fully saturated rings. The summed E-state index contributed by atoms with van der Waals surface area (Å²) in [5.74, 6) is -0.573. The second-order valence-electron chi connectivity index (χ2n) is 4.11. The minimum atomic E-state index is -0.589. The van der Waals surface area contributed by atoms with Crippen molar-refractivity contribution >= 4 is 5.78 Å². The Morgan fingerprint density at radius 2 is 2.21 bits per heavy atom. The van der Waals surface area contributed by atoms with Crippen molar-refractivity contribution in [3.05, 3.63) is 47.5 Å². The van der Waals surface area contributed by atoms with E-state index in [-0.39, 0.29) is 11.3 Å². The molecule has 0 radical (unpaired) electrons. The van der Waals surface area contributed by atoms with Crippen molar-refractivity contribution in [2.75, 3.05) is 7.11 Å². The fraction of sp³-hybridized carbons (Fsp3) is 0.286. The number of hydrogen-bond acceptors (Lipinski definition) is 3. The van der Waals surface area contributed by atoms with Crippen molar-refractivity contribution in [1.29, 1.82) is 0 Å². The molecule has 0 aliphatic carbocycles. The van der Waals surface area contributed by atoms with Crippen LogP contribution < -0.4 is 4.74 Å². The molecule has 1 aromatic heterocycles. The third kappa shape index (κ3) is 2.65. The lowest BCUT2D eigenvalue weighted by Crippen LogP contribution is -2.12. The van der Waals surface area contributed by atoms with Gasteiger partial charge in [0.05, 0.1) is 12.7 Å². The van der Waals surface area contributed by atoms with E-state index in [2.05, 4.69) is 5.10 Å². The molecule has 19 heavy (non-hydrogen) atoms. The van der Waals surface area contributed by atoms with Crippen LogP contribution >= 0.6 is 0 Å². The number of ketones is 1. The summed E-state index contributed by atoms with van der Waals surface area (Å²) < 4.78 is 20.4. The highest BCUT2D eigenvalue weighted by molar-refractivity contribution is 6.08. The van der Waals surface area contributed by atoms with Crippen molar-refractivity contribution in [2.45, 2.75) is 19.9 Å². The Bertz CT molecular complexity index is 593. The van der Waals surface area contributed by atoms with Gasteiger partial charge in [-0.15, -0.1) is 0 Å². The van der Waals surface area contributed by atoms with Gasteiger partial charge in [-0.25, -0.2) is 4.39 Å². The SMILES string of the molecule is CCCn1nccc1C(=O)c1ccc(OC)cc1F. The normalized spacial score (nSPS) is 10.5. The van der Waals surface area contributed by atoms with Crippen LogP contribution in [0.2, 0.25) is 0 Å². The second-order valence-corrected chi connectivity index (χ2v) is 4.11. The molecule has 4 nitrogen and oxygen atoms in total. The topological polar surface area (TPSA) is 44.1 Å². The maximum absolute atomic E-state index is 13.9. The first-order valence-corrected chi connectivity index (χ1v) is 6.07. The molecule has 0 aliphatic heterocycles. The summed E-state index contributed by atoms with van der Waals surface area (Å²) >= 11 is 0. The van der Waals surface area contributed by atoms with Gasteiger partial charge in [0.1, 0.15) is 17.3 Å². The Morgan fingerprint density at radius 3 is 2.84 bits per heavy atom. The molecule has 2 aromatic rings. The Balaban J connectivity index is 2.36. The molecule has 100 valence electrons. The van der Waals surface area contributed by atoms with Crippen LogP contribution in [0, 0.1) is 5.82 Å². The highest BCUT2D eigenvalue weighted by atomic mass is 19.1. The lowest BCUT2D eigenvalue weighted by molar-refractivity contribution is 0.102. The van der Waals surface area contributed by atoms with Gasteiger partial charge in [0, 0.05) is 18.8 Å². The molecular weight excluding hydrogens is 247 g/mol. The number of halogens is 1. The van der Waals surface area contributed by atoms with Gasteiger partial charge in [-0.3, -0.25) is 9.48 Å². The summed E-state index contributed by atoms with van der Waals surface area (Å²) in [6.07, 6.45) is 2.40. The van der Waals surface area contributed by atoms with Crippen LogP contribution in [-0.4, -0.2) is 22.7 Å². The predicted molar refractivity (Wildman–Crippen MR) is 68.9 cm³/mol. The van der Waals surface area contributed by atoms with Gasteiger partial charge in [0.25, 0.3) is 0 Å². The average Bonchev–Trinajstić information content (AvgIpc) is 2.86. The average molecular weight is 262 g/mol. The highest BCUT2D eigenvalue weighted by Crippen LogP contribution is 2.19. The molecule has 0 spiro atoms. The van der Waals surface area contributed by atoms with E-state index in [1.54, 1.807) is 23.0 Å². The summed E-state index contributed by atoms with van der Waals surface area (Å²) in [5, 5.41) is 4.06. The van der Waals surface area contributed by atoms with E-state index in [1.807, 2.05) is 6.92 Å². The zero-order chi connectivity index (χ0) is 13.8. The highest BCUT2D eigenvalue weighted by Gasteiger charge is 2.18. The van der Waals surface area contributed by atoms with E-state index >= 15 is 0 Å². The lowest BCUT2D eigenvalue weighted by atomic mass is 10.1. The van der Waals surface area contributed by atoms with Crippen molar-refractivity contribution in [3.8, 4) is 5.75 Å². The Labute approximate surface area is 110 Å². The van der Waals surface area contributed by atoms with Crippen LogP contribution in [0.15, 0.2) is 30.5 Å². The number of ether oxygens (including phenoxy) is 1. The third-order valence-electron chi connectivity index (χ3n) is 2.81. The molecule has 0 atom stereocenters. The Morgan fingerprint density at radius 1 is 1.42 bits per heavy atom. The molecule has 0 saturated heterocycles. The monoisotopic (exact) mass is 262 g/mol. The zero-order valence-electron chi connectivity index (χ0n) is 10.9. The molecule has 0 amide bonds. The van der Waals surface area contributed by atoms with E-state index in [0.29, 0.717) is 18.0 Å². The van der Waals surface area contributed by atoms with Crippen molar-refractivity contribution in [1.82, 2.24) is 9.78 Å². The number of hydrogen-bond donors (Lipinski definition) is 0. The van der Waals surface area contributed by atoms with E-state index in [0.717, 1.165) is 6.42 Å². The maximum atomic E-state index is 13.9. The molecule has 1 aromatic carbocycles. The number of aryl methyl sites for hydroxylation is 1. The number of rotatable bonds is 5. The summed E-state index contributed by atoms with van der Waals surface area (Å²) in [6.45, 7) is 2.62. The summed E-state index contributed by atoms with van der Waals surface area (Å²) in [5.41, 5.74) is 0.421. The number of aromatic nitrogens is 2. The van der Waals surface area contributed by atoms with E-state index in [1.165, 1.54) is 19.2 Å². The molecule has 0 bridgehead atoms. The second kappa shape index (κ2) is 5.65. The maximum Gasteiger partial charge on any atom is 0.213 e. The quantitative estimate of drug-likeness (QED) is 0.778. The van der Waals surface area contributed by atoms with E-state index in [4.69, 9.17) is 4.74 Å². The first-order chi connectivity index (χ1) is 9.17. The van der Waals surface area contributed by atoms with E-state index < -0.39 is 5.82 Å². The van der Waals surface area contributed by atoms with Gasteiger partial charge in [-0.05, 0) is 24.6 Å². The smallest absolute Gasteiger partial charge is 0.213 e. The minimum absolute atomic E-state index is 0.0265. The predicted octanol–water partition coefficient (Wildman–Crippen LogP) is 2.67. The fourth-order valence-electron chi connectivity index (χ4n) is 1.86. The molecule has 0 aliphatic rings. The number of methoxy groups -OCH3 is 1. The van der Waals surface area contributed by atoms with Crippen LogP contribution in [0.4, 0.5) is 4.39 Å². The van der Waals surface area contributed by atoms with Gasteiger partial charge in [0.15, 0.2) is 0 Å². The molecule has 0 saturated carbocycles. The van der Waals surface area contributed by atoms with Crippen LogP contribution in [0.3, 0.4) is 0 Å². The number of nitrogens with zero attached hydrogens (tertiary/aromatic N) is 2. The standard InChI is InChI=1S/C14H15FN2O2/c1-3-8-17-13(6-7-16-17)14(18)11-5-4-10(19-2)9-12(11)15/h4-7,9H,3,8H2,1-2H3. The zero-order valence-corrected chi connectivity index (χ0v) is 10.9. The summed E-state index contributed by atoms with van der Waals surface area (Å²) in [7, 11) is 1.45. The lowest BCUT2D eigenvalue weighted by Gasteiger charge is -2.07. The van der Waals surface area contributed by atoms with Gasteiger partial charge in [-0.1, -0.05) is 6.92 Å². The summed E-state index contributed by atoms with van der Waals surface area (Å²) in [4.78, 5) is 12.3. The molecular formula is C14H15FN2O2. The van der Waals surface area contributed by atoms with Gasteiger partial charge < -0.3 is 4.74 Å². The van der Waals surface area contributed by atoms with Crippen molar-refractivity contribution in [3.63, 3.8) is 0 Å². The largest absolute Gasteiger partial charge is 0.497 e. The minimum Gasteiger partial charge on any atom is -0.497 e. The van der Waals surface area contributed by atoms with Crippen molar-refractivity contribution in [2.24, 2.45) is 0 Å². The number of benzene rings is 1. The van der Waals surface area contributed by atoms with Gasteiger partial charge >= 0.3 is 0 Å². The van der Waals surface area contributed by atoms with Crippen LogP contribution in [0.25, 0.3) is 0 Å². The number of carbonyl (C=O) groups is 1. The van der Waals surface area contributed by atoms with Crippen LogP contribution in [0.1, 0.15) is 29.4 Å². The van der Waals surface area contributed by atoms with Crippen LogP contribution in [0.5, 0.6) is 5.75 Å². The molecule has 2 rings (SSSR count). The first kappa shape index (κ1) is 13.3.